The largest absolute Gasteiger partial charge is 0.339 e. The Kier molecular flexibility index (Phi) is 4.32. The van der Waals surface area contributed by atoms with Gasteiger partial charge in [0.05, 0.1) is 0 Å². The number of carbonyl (C=O) groups is 1. The fourth-order valence-corrected chi connectivity index (χ4v) is 5.54. The summed E-state index contributed by atoms with van der Waals surface area (Å²) < 4.78 is 0. The predicted octanol–water partition coefficient (Wildman–Crippen LogP) is 2.96. The molecule has 2 heterocycles. The van der Waals surface area contributed by atoms with Gasteiger partial charge in [0.25, 0.3) is 0 Å². The summed E-state index contributed by atoms with van der Waals surface area (Å²) in [5.41, 5.74) is 0.530. The molecule has 1 aromatic rings. The number of nitrogens with one attached hydrogen (secondary N) is 2. The molecular formula is C20H31N5O. The molecule has 2 N–H and O–H groups in total. The lowest BCUT2D eigenvalue weighted by Gasteiger charge is -2.40. The average Bonchev–Trinajstić information content (AvgIpc) is 2.96. The number of carbonyl (C=O) groups excluding carboxylic acids is 1. The molecule has 4 rings (SSSR count). The van der Waals surface area contributed by atoms with Crippen molar-refractivity contribution in [1.29, 1.82) is 0 Å². The van der Waals surface area contributed by atoms with Gasteiger partial charge in [0.2, 0.25) is 5.95 Å². The number of nitrogens with zero attached hydrogens (tertiary/aromatic N) is 3. The second kappa shape index (κ2) is 6.39. The summed E-state index contributed by atoms with van der Waals surface area (Å²) in [5.74, 6) is 1.49. The Bertz CT molecular complexity index is 663. The highest BCUT2D eigenvalue weighted by Crippen LogP contribution is 2.65. The van der Waals surface area contributed by atoms with Crippen LogP contribution in [0.2, 0.25) is 0 Å². The van der Waals surface area contributed by atoms with Crippen molar-refractivity contribution in [2.45, 2.75) is 65.0 Å². The minimum atomic E-state index is -0.0135. The van der Waals surface area contributed by atoms with E-state index in [2.05, 4.69) is 46.3 Å². The molecule has 1 aliphatic heterocycles. The zero-order chi connectivity index (χ0) is 18.4. The first kappa shape index (κ1) is 17.6. The highest BCUT2D eigenvalue weighted by Gasteiger charge is 2.61. The van der Waals surface area contributed by atoms with Gasteiger partial charge in [-0.25, -0.2) is 14.8 Å². The van der Waals surface area contributed by atoms with Gasteiger partial charge in [-0.2, -0.15) is 0 Å². The molecule has 0 aromatic carbocycles. The Morgan fingerprint density at radius 3 is 2.62 bits per heavy atom. The monoisotopic (exact) mass is 357 g/mol. The molecule has 26 heavy (non-hydrogen) atoms. The van der Waals surface area contributed by atoms with E-state index in [9.17, 15) is 4.79 Å². The SMILES string of the molecule is CC1(C)[C@H]2CC[C@@]1(C)[C@@H](NC(=O)N[C@@H]1CCCN(c3ncccn3)C1)C2. The molecule has 0 spiro atoms. The molecule has 1 saturated heterocycles. The van der Waals surface area contributed by atoms with Crippen LogP contribution in [0.4, 0.5) is 10.7 Å². The van der Waals surface area contributed by atoms with Gasteiger partial charge in [-0.15, -0.1) is 0 Å². The zero-order valence-electron chi connectivity index (χ0n) is 16.2. The quantitative estimate of drug-likeness (QED) is 0.872. The molecule has 2 aliphatic carbocycles. The molecule has 142 valence electrons. The van der Waals surface area contributed by atoms with Gasteiger partial charge in [-0.1, -0.05) is 20.8 Å². The maximum Gasteiger partial charge on any atom is 0.315 e. The van der Waals surface area contributed by atoms with Crippen molar-refractivity contribution in [2.75, 3.05) is 18.0 Å². The van der Waals surface area contributed by atoms with Crippen molar-refractivity contribution in [1.82, 2.24) is 20.6 Å². The van der Waals surface area contributed by atoms with Crippen molar-refractivity contribution < 1.29 is 4.79 Å². The first-order chi connectivity index (χ1) is 12.4. The van der Waals surface area contributed by atoms with Crippen LogP contribution in [0.25, 0.3) is 0 Å². The van der Waals surface area contributed by atoms with Crippen LogP contribution in [0.3, 0.4) is 0 Å². The van der Waals surface area contributed by atoms with Crippen LogP contribution in [0.1, 0.15) is 52.9 Å². The molecule has 0 radical (unpaired) electrons. The van der Waals surface area contributed by atoms with E-state index in [1.54, 1.807) is 12.4 Å². The van der Waals surface area contributed by atoms with E-state index in [4.69, 9.17) is 0 Å². The van der Waals surface area contributed by atoms with Crippen molar-refractivity contribution >= 4 is 12.0 Å². The summed E-state index contributed by atoms with van der Waals surface area (Å²) >= 11 is 0. The lowest BCUT2D eigenvalue weighted by molar-refractivity contribution is 0.123. The van der Waals surface area contributed by atoms with E-state index in [1.165, 1.54) is 12.8 Å². The van der Waals surface area contributed by atoms with Crippen molar-refractivity contribution in [2.24, 2.45) is 16.7 Å². The third kappa shape index (κ3) is 2.83. The van der Waals surface area contributed by atoms with Gasteiger partial charge < -0.3 is 15.5 Å². The summed E-state index contributed by atoms with van der Waals surface area (Å²) in [6.45, 7) is 8.83. The predicted molar refractivity (Wildman–Crippen MR) is 102 cm³/mol. The maximum atomic E-state index is 12.7. The average molecular weight is 358 g/mol. The third-order valence-electron chi connectivity index (χ3n) is 7.69. The number of rotatable bonds is 3. The number of fused-ring (bicyclic) bond motifs is 2. The molecule has 2 bridgehead atoms. The van der Waals surface area contributed by atoms with Crippen LogP contribution in [-0.4, -0.2) is 41.2 Å². The minimum absolute atomic E-state index is 0.0135. The van der Waals surface area contributed by atoms with Gasteiger partial charge in [0.15, 0.2) is 0 Å². The molecular weight excluding hydrogens is 326 g/mol. The lowest BCUT2D eigenvalue weighted by Crippen LogP contribution is -2.55. The zero-order valence-corrected chi connectivity index (χ0v) is 16.2. The van der Waals surface area contributed by atoms with E-state index in [0.717, 1.165) is 44.2 Å². The summed E-state index contributed by atoms with van der Waals surface area (Å²) in [5, 5.41) is 6.51. The van der Waals surface area contributed by atoms with Crippen molar-refractivity contribution in [3.63, 3.8) is 0 Å². The van der Waals surface area contributed by atoms with Gasteiger partial charge >= 0.3 is 6.03 Å². The molecule has 3 fully saturated rings. The first-order valence-electron chi connectivity index (χ1n) is 9.99. The number of anilines is 1. The molecule has 6 nitrogen and oxygen atoms in total. The maximum absolute atomic E-state index is 12.7. The summed E-state index contributed by atoms with van der Waals surface area (Å²) in [4.78, 5) is 23.5. The Morgan fingerprint density at radius 2 is 1.96 bits per heavy atom. The van der Waals surface area contributed by atoms with E-state index in [0.29, 0.717) is 5.41 Å². The Hall–Kier alpha value is -1.85. The fourth-order valence-electron chi connectivity index (χ4n) is 5.54. The Labute approximate surface area is 156 Å². The van der Waals surface area contributed by atoms with E-state index in [1.807, 2.05) is 6.07 Å². The number of hydrogen-bond donors (Lipinski definition) is 2. The van der Waals surface area contributed by atoms with Crippen LogP contribution < -0.4 is 15.5 Å². The van der Waals surface area contributed by atoms with Gasteiger partial charge in [-0.3, -0.25) is 0 Å². The van der Waals surface area contributed by atoms with Crippen LogP contribution in [0, 0.1) is 16.7 Å². The normalized spacial score (nSPS) is 35.3. The minimum Gasteiger partial charge on any atom is -0.339 e. The number of hydrogen-bond acceptors (Lipinski definition) is 4. The molecule has 1 aromatic heterocycles. The number of amides is 2. The van der Waals surface area contributed by atoms with Gasteiger partial charge in [-0.05, 0) is 54.9 Å². The summed E-state index contributed by atoms with van der Waals surface area (Å²) in [7, 11) is 0. The van der Waals surface area contributed by atoms with E-state index < -0.39 is 0 Å². The Morgan fingerprint density at radius 1 is 1.19 bits per heavy atom. The fraction of sp³-hybridized carbons (Fsp3) is 0.750. The standard InChI is InChI=1S/C20H31N5O/c1-19(2)14-7-8-20(19,3)16(12-14)24-18(26)23-15-6-4-11-25(13-15)17-21-9-5-10-22-17/h5,9-10,14-16H,4,6-8,11-13H2,1-3H3,(H2,23,24,26)/t14-,15+,16-,20-/m0/s1. The third-order valence-corrected chi connectivity index (χ3v) is 7.69. The van der Waals surface area contributed by atoms with Gasteiger partial charge in [0.1, 0.15) is 0 Å². The molecule has 3 aliphatic rings. The van der Waals surface area contributed by atoms with Crippen LogP contribution >= 0.6 is 0 Å². The smallest absolute Gasteiger partial charge is 0.315 e. The molecule has 0 unspecified atom stereocenters. The van der Waals surface area contributed by atoms with E-state index >= 15 is 0 Å². The van der Waals surface area contributed by atoms with Crippen LogP contribution in [-0.2, 0) is 0 Å². The van der Waals surface area contributed by atoms with Crippen LogP contribution in [0.5, 0.6) is 0 Å². The number of aromatic nitrogens is 2. The second-order valence-electron chi connectivity index (χ2n) is 9.11. The summed E-state index contributed by atoms with van der Waals surface area (Å²) in [6.07, 6.45) is 9.22. The summed E-state index contributed by atoms with van der Waals surface area (Å²) in [6, 6.07) is 2.24. The highest BCUT2D eigenvalue weighted by molar-refractivity contribution is 5.75. The van der Waals surface area contributed by atoms with E-state index in [-0.39, 0.29) is 23.5 Å². The molecule has 2 amide bonds. The molecule has 4 atom stereocenters. The topological polar surface area (TPSA) is 70.2 Å². The lowest BCUT2D eigenvalue weighted by atomic mass is 9.69. The molecule has 6 heteroatoms. The molecule has 2 saturated carbocycles. The number of piperidine rings is 1. The Balaban J connectivity index is 1.34. The van der Waals surface area contributed by atoms with Gasteiger partial charge in [0, 0.05) is 37.6 Å². The van der Waals surface area contributed by atoms with Crippen LogP contribution in [0.15, 0.2) is 18.5 Å². The first-order valence-corrected chi connectivity index (χ1v) is 9.99. The van der Waals surface area contributed by atoms with Crippen molar-refractivity contribution in [3.05, 3.63) is 18.5 Å². The second-order valence-corrected chi connectivity index (χ2v) is 9.11. The number of urea groups is 1. The van der Waals surface area contributed by atoms with Crippen molar-refractivity contribution in [3.8, 4) is 0 Å². The highest BCUT2D eigenvalue weighted by atomic mass is 16.2.